The van der Waals surface area contributed by atoms with E-state index in [1.807, 2.05) is 30.5 Å². The molecule has 2 rings (SSSR count). The summed E-state index contributed by atoms with van der Waals surface area (Å²) in [6.07, 6.45) is 2.23. The van der Waals surface area contributed by atoms with E-state index < -0.39 is 0 Å². The molecule has 0 aliphatic rings. The Labute approximate surface area is 118 Å². The van der Waals surface area contributed by atoms with Crippen molar-refractivity contribution in [1.82, 2.24) is 5.32 Å². The summed E-state index contributed by atoms with van der Waals surface area (Å²) >= 11 is 7.76. The number of hydrogen-bond acceptors (Lipinski definition) is 2. The SMILES string of the molecule is CNCC(Cc1ccc(Cl)cc1)Cc1cccs1. The summed E-state index contributed by atoms with van der Waals surface area (Å²) in [5.74, 6) is 0.634. The number of nitrogens with one attached hydrogen (secondary N) is 1. The monoisotopic (exact) mass is 279 g/mol. The fraction of sp³-hybridized carbons (Fsp3) is 0.333. The Morgan fingerprint density at radius 1 is 1.17 bits per heavy atom. The van der Waals surface area contributed by atoms with Gasteiger partial charge in [0.05, 0.1) is 0 Å². The van der Waals surface area contributed by atoms with Crippen LogP contribution >= 0.6 is 22.9 Å². The van der Waals surface area contributed by atoms with Crippen LogP contribution in [-0.4, -0.2) is 13.6 Å². The minimum atomic E-state index is 0.634. The van der Waals surface area contributed by atoms with E-state index in [0.29, 0.717) is 5.92 Å². The summed E-state index contributed by atoms with van der Waals surface area (Å²) in [5.41, 5.74) is 1.36. The van der Waals surface area contributed by atoms with Crippen LogP contribution in [0.1, 0.15) is 10.4 Å². The second kappa shape index (κ2) is 6.93. The highest BCUT2D eigenvalue weighted by Gasteiger charge is 2.10. The van der Waals surface area contributed by atoms with Crippen LogP contribution in [0.15, 0.2) is 41.8 Å². The molecule has 0 amide bonds. The standard InChI is InChI=1S/C15H18ClNS/c1-17-11-13(10-15-3-2-8-18-15)9-12-4-6-14(16)7-5-12/h2-8,13,17H,9-11H2,1H3. The number of halogens is 1. The Kier molecular flexibility index (Phi) is 5.24. The van der Waals surface area contributed by atoms with Gasteiger partial charge in [-0.05, 0) is 61.5 Å². The molecule has 96 valence electrons. The van der Waals surface area contributed by atoms with Crippen molar-refractivity contribution in [2.24, 2.45) is 5.92 Å². The van der Waals surface area contributed by atoms with Crippen LogP contribution in [0.3, 0.4) is 0 Å². The lowest BCUT2D eigenvalue weighted by Crippen LogP contribution is -2.22. The zero-order chi connectivity index (χ0) is 12.8. The van der Waals surface area contributed by atoms with Crippen LogP contribution < -0.4 is 5.32 Å². The van der Waals surface area contributed by atoms with Crippen molar-refractivity contribution in [3.05, 3.63) is 57.2 Å². The normalized spacial score (nSPS) is 12.6. The molecule has 0 saturated carbocycles. The van der Waals surface area contributed by atoms with Crippen molar-refractivity contribution >= 4 is 22.9 Å². The van der Waals surface area contributed by atoms with Crippen molar-refractivity contribution in [2.45, 2.75) is 12.8 Å². The molecule has 1 N–H and O–H groups in total. The fourth-order valence-corrected chi connectivity index (χ4v) is 3.12. The van der Waals surface area contributed by atoms with Crippen molar-refractivity contribution < 1.29 is 0 Å². The third kappa shape index (κ3) is 4.13. The number of rotatable bonds is 6. The summed E-state index contributed by atoms with van der Waals surface area (Å²) in [6, 6.07) is 12.5. The highest BCUT2D eigenvalue weighted by atomic mass is 35.5. The van der Waals surface area contributed by atoms with E-state index in [1.54, 1.807) is 0 Å². The van der Waals surface area contributed by atoms with Crippen molar-refractivity contribution in [3.63, 3.8) is 0 Å². The second-order valence-corrected chi connectivity index (χ2v) is 6.01. The molecular weight excluding hydrogens is 262 g/mol. The van der Waals surface area contributed by atoms with Gasteiger partial charge in [-0.25, -0.2) is 0 Å². The van der Waals surface area contributed by atoms with E-state index >= 15 is 0 Å². The molecule has 3 heteroatoms. The van der Waals surface area contributed by atoms with Crippen molar-refractivity contribution in [3.8, 4) is 0 Å². The average molecular weight is 280 g/mol. The fourth-order valence-electron chi connectivity index (χ4n) is 2.17. The van der Waals surface area contributed by atoms with Gasteiger partial charge in [-0.3, -0.25) is 0 Å². The Hall–Kier alpha value is -0.830. The highest BCUT2D eigenvalue weighted by Crippen LogP contribution is 2.19. The van der Waals surface area contributed by atoms with Crippen LogP contribution in [-0.2, 0) is 12.8 Å². The lowest BCUT2D eigenvalue weighted by atomic mass is 9.95. The van der Waals surface area contributed by atoms with E-state index in [0.717, 1.165) is 24.4 Å². The quantitative estimate of drug-likeness (QED) is 0.842. The van der Waals surface area contributed by atoms with E-state index in [9.17, 15) is 0 Å². The molecule has 1 heterocycles. The van der Waals surface area contributed by atoms with Gasteiger partial charge in [-0.15, -0.1) is 11.3 Å². The van der Waals surface area contributed by atoms with E-state index in [1.165, 1.54) is 10.4 Å². The van der Waals surface area contributed by atoms with Crippen LogP contribution in [0, 0.1) is 5.92 Å². The Balaban J connectivity index is 1.99. The minimum Gasteiger partial charge on any atom is -0.319 e. The molecule has 0 fully saturated rings. The summed E-state index contributed by atoms with van der Waals surface area (Å²) in [7, 11) is 2.02. The maximum Gasteiger partial charge on any atom is 0.0406 e. The van der Waals surface area contributed by atoms with Gasteiger partial charge in [0.1, 0.15) is 0 Å². The molecule has 1 nitrogen and oxygen atoms in total. The number of thiophene rings is 1. The Bertz CT molecular complexity index is 450. The first-order valence-corrected chi connectivity index (χ1v) is 7.45. The zero-order valence-corrected chi connectivity index (χ0v) is 12.1. The topological polar surface area (TPSA) is 12.0 Å². The molecule has 0 spiro atoms. The predicted octanol–water partition coefficient (Wildman–Crippen LogP) is 4.02. The van der Waals surface area contributed by atoms with Gasteiger partial charge in [0, 0.05) is 9.90 Å². The highest BCUT2D eigenvalue weighted by molar-refractivity contribution is 7.09. The molecule has 0 aliphatic heterocycles. The molecule has 1 unspecified atom stereocenters. The first-order chi connectivity index (χ1) is 8.78. The van der Waals surface area contributed by atoms with Crippen LogP contribution in [0.5, 0.6) is 0 Å². The summed E-state index contributed by atoms with van der Waals surface area (Å²) < 4.78 is 0. The van der Waals surface area contributed by atoms with Gasteiger partial charge in [0.2, 0.25) is 0 Å². The van der Waals surface area contributed by atoms with E-state index in [4.69, 9.17) is 11.6 Å². The van der Waals surface area contributed by atoms with Gasteiger partial charge in [0.15, 0.2) is 0 Å². The lowest BCUT2D eigenvalue weighted by molar-refractivity contribution is 0.496. The van der Waals surface area contributed by atoms with Crippen LogP contribution in [0.25, 0.3) is 0 Å². The Morgan fingerprint density at radius 2 is 1.94 bits per heavy atom. The minimum absolute atomic E-state index is 0.634. The van der Waals surface area contributed by atoms with Gasteiger partial charge in [-0.2, -0.15) is 0 Å². The predicted molar refractivity (Wildman–Crippen MR) is 80.6 cm³/mol. The smallest absolute Gasteiger partial charge is 0.0406 e. The summed E-state index contributed by atoms with van der Waals surface area (Å²) in [5, 5.41) is 6.24. The molecule has 2 aromatic rings. The maximum absolute atomic E-state index is 5.91. The average Bonchev–Trinajstić information content (AvgIpc) is 2.85. The first kappa shape index (κ1) is 13.6. The lowest BCUT2D eigenvalue weighted by Gasteiger charge is -2.15. The molecule has 18 heavy (non-hydrogen) atoms. The Morgan fingerprint density at radius 3 is 2.56 bits per heavy atom. The van der Waals surface area contributed by atoms with E-state index in [2.05, 4.69) is 35.0 Å². The third-order valence-electron chi connectivity index (χ3n) is 3.00. The largest absolute Gasteiger partial charge is 0.319 e. The van der Waals surface area contributed by atoms with Crippen LogP contribution in [0.2, 0.25) is 5.02 Å². The van der Waals surface area contributed by atoms with Crippen molar-refractivity contribution in [2.75, 3.05) is 13.6 Å². The molecule has 0 radical (unpaired) electrons. The zero-order valence-electron chi connectivity index (χ0n) is 10.5. The van der Waals surface area contributed by atoms with Gasteiger partial charge in [-0.1, -0.05) is 29.8 Å². The number of hydrogen-bond donors (Lipinski definition) is 1. The van der Waals surface area contributed by atoms with Gasteiger partial charge >= 0.3 is 0 Å². The second-order valence-electron chi connectivity index (χ2n) is 4.54. The van der Waals surface area contributed by atoms with E-state index in [-0.39, 0.29) is 0 Å². The maximum atomic E-state index is 5.91. The first-order valence-electron chi connectivity index (χ1n) is 6.19. The molecule has 0 bridgehead atoms. The van der Waals surface area contributed by atoms with Gasteiger partial charge in [0.25, 0.3) is 0 Å². The van der Waals surface area contributed by atoms with Crippen LogP contribution in [0.4, 0.5) is 0 Å². The molecule has 1 atom stereocenters. The molecule has 0 saturated heterocycles. The number of benzene rings is 1. The van der Waals surface area contributed by atoms with Crippen molar-refractivity contribution in [1.29, 1.82) is 0 Å². The molecule has 1 aromatic heterocycles. The third-order valence-corrected chi connectivity index (χ3v) is 4.15. The molecule has 0 aliphatic carbocycles. The van der Waals surface area contributed by atoms with Gasteiger partial charge < -0.3 is 5.32 Å². The molecule has 1 aromatic carbocycles. The summed E-state index contributed by atoms with van der Waals surface area (Å²) in [4.78, 5) is 1.46. The summed E-state index contributed by atoms with van der Waals surface area (Å²) in [6.45, 7) is 1.04. The molecular formula is C15H18ClNS.